The number of carbonyl (C=O) groups is 1. The molecule has 22 heavy (non-hydrogen) atoms. The molecule has 4 nitrogen and oxygen atoms in total. The third kappa shape index (κ3) is 2.73. The fourth-order valence-corrected chi connectivity index (χ4v) is 2.80. The van der Waals surface area contributed by atoms with Crippen molar-refractivity contribution in [3.05, 3.63) is 52.9 Å². The smallest absolute Gasteiger partial charge is 0.257 e. The Hall–Kier alpha value is -2.24. The van der Waals surface area contributed by atoms with E-state index in [1.165, 1.54) is 6.07 Å². The van der Waals surface area contributed by atoms with Crippen LogP contribution in [0.15, 0.2) is 24.4 Å². The van der Waals surface area contributed by atoms with Crippen molar-refractivity contribution in [1.82, 2.24) is 15.1 Å². The minimum Gasteiger partial charge on any atom is -0.338 e. The van der Waals surface area contributed by atoms with Crippen molar-refractivity contribution in [2.24, 2.45) is 5.92 Å². The van der Waals surface area contributed by atoms with Crippen LogP contribution in [-0.4, -0.2) is 34.1 Å². The Morgan fingerprint density at radius 2 is 2.14 bits per heavy atom. The standard InChI is InChI=1S/C16H17F2N3O/c1-2-15-12(7-19-20-15)16(22)21-8-11(9-21)5-10-3-4-13(17)14(18)6-10/h3-4,6-7,11H,2,5,8-9H2,1H3,(H,19,20). The van der Waals surface area contributed by atoms with Gasteiger partial charge in [-0.3, -0.25) is 9.89 Å². The quantitative estimate of drug-likeness (QED) is 0.944. The van der Waals surface area contributed by atoms with Crippen molar-refractivity contribution >= 4 is 5.91 Å². The van der Waals surface area contributed by atoms with Gasteiger partial charge in [0.1, 0.15) is 0 Å². The van der Waals surface area contributed by atoms with E-state index in [1.54, 1.807) is 17.2 Å². The molecular weight excluding hydrogens is 288 g/mol. The number of aryl methyl sites for hydroxylation is 1. The number of hydrogen-bond donors (Lipinski definition) is 1. The van der Waals surface area contributed by atoms with E-state index < -0.39 is 11.6 Å². The van der Waals surface area contributed by atoms with Gasteiger partial charge in [-0.15, -0.1) is 0 Å². The van der Waals surface area contributed by atoms with Gasteiger partial charge in [-0.25, -0.2) is 8.78 Å². The number of halogens is 2. The van der Waals surface area contributed by atoms with Crippen molar-refractivity contribution in [2.45, 2.75) is 19.8 Å². The van der Waals surface area contributed by atoms with Crippen LogP contribution in [0.3, 0.4) is 0 Å². The summed E-state index contributed by atoms with van der Waals surface area (Å²) >= 11 is 0. The normalized spacial score (nSPS) is 15.0. The maximum atomic E-state index is 13.2. The van der Waals surface area contributed by atoms with E-state index in [0.29, 0.717) is 25.1 Å². The van der Waals surface area contributed by atoms with Crippen LogP contribution < -0.4 is 0 Å². The number of rotatable bonds is 4. The molecule has 0 aliphatic carbocycles. The molecule has 1 aliphatic rings. The van der Waals surface area contributed by atoms with E-state index in [1.807, 2.05) is 6.92 Å². The van der Waals surface area contributed by atoms with Crippen LogP contribution in [0.4, 0.5) is 8.78 Å². The van der Waals surface area contributed by atoms with E-state index in [4.69, 9.17) is 0 Å². The van der Waals surface area contributed by atoms with Crippen molar-refractivity contribution in [2.75, 3.05) is 13.1 Å². The van der Waals surface area contributed by atoms with E-state index in [2.05, 4.69) is 10.2 Å². The van der Waals surface area contributed by atoms with Gasteiger partial charge in [0.25, 0.3) is 5.91 Å². The molecule has 2 heterocycles. The van der Waals surface area contributed by atoms with Gasteiger partial charge in [0.15, 0.2) is 11.6 Å². The minimum absolute atomic E-state index is 0.0212. The lowest BCUT2D eigenvalue weighted by Gasteiger charge is -2.39. The average molecular weight is 305 g/mol. The summed E-state index contributed by atoms with van der Waals surface area (Å²) in [4.78, 5) is 14.1. The average Bonchev–Trinajstić information content (AvgIpc) is 2.94. The zero-order valence-corrected chi connectivity index (χ0v) is 12.3. The molecular formula is C16H17F2N3O. The molecule has 6 heteroatoms. The van der Waals surface area contributed by atoms with E-state index in [0.717, 1.165) is 23.7 Å². The lowest BCUT2D eigenvalue weighted by atomic mass is 9.91. The second-order valence-corrected chi connectivity index (χ2v) is 5.64. The maximum Gasteiger partial charge on any atom is 0.257 e. The Bertz CT molecular complexity index is 692. The summed E-state index contributed by atoms with van der Waals surface area (Å²) in [6, 6.07) is 3.96. The highest BCUT2D eigenvalue weighted by Crippen LogP contribution is 2.24. The van der Waals surface area contributed by atoms with Crippen molar-refractivity contribution in [1.29, 1.82) is 0 Å². The Balaban J connectivity index is 1.58. The second kappa shape index (κ2) is 5.87. The highest BCUT2D eigenvalue weighted by Gasteiger charge is 2.32. The summed E-state index contributed by atoms with van der Waals surface area (Å²) in [5.41, 5.74) is 2.22. The second-order valence-electron chi connectivity index (χ2n) is 5.64. The van der Waals surface area contributed by atoms with Gasteiger partial charge in [-0.1, -0.05) is 13.0 Å². The molecule has 0 spiro atoms. The number of hydrogen-bond acceptors (Lipinski definition) is 2. The number of benzene rings is 1. The summed E-state index contributed by atoms with van der Waals surface area (Å²) in [5, 5.41) is 6.74. The molecule has 0 saturated carbocycles. The van der Waals surface area contributed by atoms with Crippen molar-refractivity contribution in [3.63, 3.8) is 0 Å². The molecule has 0 atom stereocenters. The summed E-state index contributed by atoms with van der Waals surface area (Å²) in [7, 11) is 0. The number of carbonyl (C=O) groups excluding carboxylic acids is 1. The Labute approximate surface area is 127 Å². The topological polar surface area (TPSA) is 49.0 Å². The summed E-state index contributed by atoms with van der Waals surface area (Å²) in [6.45, 7) is 3.23. The number of H-pyrrole nitrogens is 1. The Kier molecular flexibility index (Phi) is 3.92. The fraction of sp³-hybridized carbons (Fsp3) is 0.375. The van der Waals surface area contributed by atoms with Crippen LogP contribution in [0.2, 0.25) is 0 Å². The van der Waals surface area contributed by atoms with Crippen LogP contribution in [0.25, 0.3) is 0 Å². The third-order valence-corrected chi connectivity index (χ3v) is 4.06. The first-order valence-corrected chi connectivity index (χ1v) is 7.34. The Morgan fingerprint density at radius 3 is 2.82 bits per heavy atom. The molecule has 0 radical (unpaired) electrons. The number of amides is 1. The molecule has 1 aromatic carbocycles. The lowest BCUT2D eigenvalue weighted by Crippen LogP contribution is -2.50. The first-order valence-electron chi connectivity index (χ1n) is 7.34. The van der Waals surface area contributed by atoms with Crippen molar-refractivity contribution < 1.29 is 13.6 Å². The highest BCUT2D eigenvalue weighted by atomic mass is 19.2. The Morgan fingerprint density at radius 1 is 1.36 bits per heavy atom. The largest absolute Gasteiger partial charge is 0.338 e. The summed E-state index contributed by atoms with van der Waals surface area (Å²) < 4.78 is 26.1. The number of likely N-dealkylation sites (tertiary alicyclic amines) is 1. The molecule has 0 unspecified atom stereocenters. The molecule has 1 amide bonds. The first kappa shape index (κ1) is 14.7. The van der Waals surface area contributed by atoms with Crippen molar-refractivity contribution in [3.8, 4) is 0 Å². The zero-order valence-electron chi connectivity index (χ0n) is 12.3. The predicted molar refractivity (Wildman–Crippen MR) is 77.4 cm³/mol. The van der Waals surface area contributed by atoms with Gasteiger partial charge in [-0.2, -0.15) is 5.10 Å². The molecule has 2 aromatic rings. The van der Waals surface area contributed by atoms with Crippen LogP contribution in [0.1, 0.15) is 28.5 Å². The number of nitrogens with one attached hydrogen (secondary N) is 1. The molecule has 1 saturated heterocycles. The van der Waals surface area contributed by atoms with Crippen LogP contribution in [-0.2, 0) is 12.8 Å². The first-order chi connectivity index (χ1) is 10.6. The van der Waals surface area contributed by atoms with Gasteiger partial charge in [0.2, 0.25) is 0 Å². The predicted octanol–water partition coefficient (Wildman–Crippen LogP) is 2.57. The highest BCUT2D eigenvalue weighted by molar-refractivity contribution is 5.95. The van der Waals surface area contributed by atoms with Gasteiger partial charge in [0, 0.05) is 18.8 Å². The van der Waals surface area contributed by atoms with Crippen LogP contribution in [0.5, 0.6) is 0 Å². The molecule has 1 N–H and O–H groups in total. The SMILES string of the molecule is CCc1[nH]ncc1C(=O)N1CC(Cc2ccc(F)c(F)c2)C1. The van der Waals surface area contributed by atoms with Gasteiger partial charge < -0.3 is 4.90 Å². The van der Waals surface area contributed by atoms with Crippen LogP contribution >= 0.6 is 0 Å². The number of aromatic nitrogens is 2. The molecule has 1 fully saturated rings. The van der Waals surface area contributed by atoms with E-state index in [9.17, 15) is 13.6 Å². The third-order valence-electron chi connectivity index (χ3n) is 4.06. The lowest BCUT2D eigenvalue weighted by molar-refractivity contribution is 0.0500. The van der Waals surface area contributed by atoms with Gasteiger partial charge in [-0.05, 0) is 36.5 Å². The van der Waals surface area contributed by atoms with E-state index in [-0.39, 0.29) is 11.8 Å². The minimum atomic E-state index is -0.832. The van der Waals surface area contributed by atoms with Gasteiger partial charge >= 0.3 is 0 Å². The molecule has 1 aromatic heterocycles. The number of nitrogens with zero attached hydrogens (tertiary/aromatic N) is 2. The molecule has 0 bridgehead atoms. The fourth-order valence-electron chi connectivity index (χ4n) is 2.80. The molecule has 116 valence electrons. The maximum absolute atomic E-state index is 13.2. The summed E-state index contributed by atoms with van der Waals surface area (Å²) in [6.07, 6.45) is 2.93. The van der Waals surface area contributed by atoms with Gasteiger partial charge in [0.05, 0.1) is 11.8 Å². The number of aromatic amines is 1. The van der Waals surface area contributed by atoms with Crippen LogP contribution in [0, 0.1) is 17.6 Å². The molecule has 1 aliphatic heterocycles. The summed E-state index contributed by atoms with van der Waals surface area (Å²) in [5.74, 6) is -1.39. The monoisotopic (exact) mass is 305 g/mol. The van der Waals surface area contributed by atoms with E-state index >= 15 is 0 Å². The molecule has 3 rings (SSSR count). The zero-order chi connectivity index (χ0) is 15.7.